The van der Waals surface area contributed by atoms with E-state index in [4.69, 9.17) is 0 Å². The number of aryl methyl sites for hydroxylation is 2. The molecule has 6 rings (SSSR count). The number of hydrogen-bond acceptors (Lipinski definition) is 4. The van der Waals surface area contributed by atoms with Gasteiger partial charge in [-0.05, 0) is 80.3 Å². The number of hydrogen-bond donors (Lipinski definition) is 2. The molecule has 7 nitrogen and oxygen atoms in total. The van der Waals surface area contributed by atoms with Crippen molar-refractivity contribution < 1.29 is 22.8 Å². The molecule has 1 aromatic heterocycles. The lowest BCUT2D eigenvalue weighted by Gasteiger charge is -2.48. The fourth-order valence-corrected chi connectivity index (χ4v) is 7.44. The van der Waals surface area contributed by atoms with Gasteiger partial charge in [-0.1, -0.05) is 37.5 Å². The number of nitrogens with zero attached hydrogens (tertiary/aromatic N) is 3. The molecule has 2 unspecified atom stereocenters. The number of benzene rings is 2. The number of anilines is 2. The van der Waals surface area contributed by atoms with Crippen molar-refractivity contribution >= 4 is 23.2 Å². The van der Waals surface area contributed by atoms with Gasteiger partial charge in [0.15, 0.2) is 0 Å². The molecule has 2 amide bonds. The van der Waals surface area contributed by atoms with Crippen LogP contribution in [0.4, 0.5) is 24.5 Å². The van der Waals surface area contributed by atoms with E-state index in [1.165, 1.54) is 31.9 Å². The van der Waals surface area contributed by atoms with E-state index in [2.05, 4.69) is 15.7 Å². The van der Waals surface area contributed by atoms with Crippen LogP contribution in [-0.2, 0) is 18.0 Å². The summed E-state index contributed by atoms with van der Waals surface area (Å²) in [6, 6.07) is 11.7. The van der Waals surface area contributed by atoms with Crippen LogP contribution in [0.5, 0.6) is 0 Å². The Balaban J connectivity index is 1.36. The number of carbonyl (C=O) groups excluding carboxylic acids is 2. The molecule has 1 saturated heterocycles. The van der Waals surface area contributed by atoms with Crippen LogP contribution in [0.2, 0.25) is 0 Å². The number of nitrogens with one attached hydrogen (secondary N) is 2. The zero-order valence-electron chi connectivity index (χ0n) is 24.5. The Labute approximate surface area is 249 Å². The Morgan fingerprint density at radius 2 is 1.67 bits per heavy atom. The Hall–Kier alpha value is -3.82. The lowest BCUT2D eigenvalue weighted by atomic mass is 9.76. The highest BCUT2D eigenvalue weighted by molar-refractivity contribution is 5.97. The molecule has 3 fully saturated rings. The molecular formula is C33H38F3N5O2. The maximum Gasteiger partial charge on any atom is 0.416 e. The molecule has 2 aliphatic carbocycles. The van der Waals surface area contributed by atoms with Crippen molar-refractivity contribution in [2.75, 3.05) is 10.6 Å². The molecule has 0 radical (unpaired) electrons. The lowest BCUT2D eigenvalue weighted by Crippen LogP contribution is -2.53. The van der Waals surface area contributed by atoms with E-state index in [1.54, 1.807) is 24.1 Å². The van der Waals surface area contributed by atoms with Gasteiger partial charge in [0.2, 0.25) is 5.91 Å². The molecule has 2 saturated carbocycles. The lowest BCUT2D eigenvalue weighted by molar-refractivity contribution is -0.138. The van der Waals surface area contributed by atoms with E-state index in [9.17, 15) is 22.8 Å². The summed E-state index contributed by atoms with van der Waals surface area (Å²) in [7, 11) is 1.76. The van der Waals surface area contributed by atoms with Crippen LogP contribution in [-0.4, -0.2) is 38.6 Å². The van der Waals surface area contributed by atoms with Gasteiger partial charge in [0, 0.05) is 36.7 Å². The van der Waals surface area contributed by atoms with Crippen molar-refractivity contribution in [3.8, 4) is 0 Å². The minimum absolute atomic E-state index is 0.0331. The van der Waals surface area contributed by atoms with Gasteiger partial charge in [-0.25, -0.2) is 0 Å². The van der Waals surface area contributed by atoms with E-state index in [-0.39, 0.29) is 35.0 Å². The summed E-state index contributed by atoms with van der Waals surface area (Å²) in [6.45, 7) is 1.40. The number of halogens is 3. The van der Waals surface area contributed by atoms with Crippen molar-refractivity contribution in [3.05, 3.63) is 77.1 Å². The number of likely N-dealkylation sites (tertiary alicyclic amines) is 1. The molecular weight excluding hydrogens is 555 g/mol. The molecule has 1 aliphatic heterocycles. The maximum atomic E-state index is 14.2. The van der Waals surface area contributed by atoms with Gasteiger partial charge in [0.05, 0.1) is 29.3 Å². The van der Waals surface area contributed by atoms with Gasteiger partial charge < -0.3 is 15.5 Å². The van der Waals surface area contributed by atoms with E-state index < -0.39 is 23.7 Å². The standard InChI is InChI=1S/C33H38F3N5O2/c1-20-10-13-26(17-28(20)33(34,35)36)39-31(42)27-16-22-6-5-9-29(22)41(32(43)23-18-37-40(2)19-23)30(27)21-11-14-25(15-12-21)38-24-7-3-4-8-24/h10-15,17-19,22,24,27,29-30,38H,3-9,16H2,1-2H3,(H,39,42)/t22-,27?,29-,30?/m0/s1. The molecule has 4 atom stereocenters. The third-order valence-corrected chi connectivity index (χ3v) is 9.53. The number of aromatic nitrogens is 2. The topological polar surface area (TPSA) is 79.3 Å². The fraction of sp³-hybridized carbons (Fsp3) is 0.485. The third kappa shape index (κ3) is 6.01. The van der Waals surface area contributed by atoms with Gasteiger partial charge >= 0.3 is 6.18 Å². The number of amides is 2. The molecule has 3 aromatic rings. The second-order valence-electron chi connectivity index (χ2n) is 12.4. The minimum atomic E-state index is -4.53. The van der Waals surface area contributed by atoms with Crippen LogP contribution in [0.25, 0.3) is 0 Å². The predicted molar refractivity (Wildman–Crippen MR) is 158 cm³/mol. The minimum Gasteiger partial charge on any atom is -0.382 e. The number of rotatable bonds is 6. The highest BCUT2D eigenvalue weighted by atomic mass is 19.4. The van der Waals surface area contributed by atoms with Crippen molar-refractivity contribution in [1.29, 1.82) is 0 Å². The summed E-state index contributed by atoms with van der Waals surface area (Å²) >= 11 is 0. The summed E-state index contributed by atoms with van der Waals surface area (Å²) < 4.78 is 42.5. The molecule has 2 N–H and O–H groups in total. The number of piperidine rings is 1. The normalized spacial score (nSPS) is 24.2. The largest absolute Gasteiger partial charge is 0.416 e. The number of alkyl halides is 3. The molecule has 2 heterocycles. The first-order chi connectivity index (χ1) is 20.6. The molecule has 43 heavy (non-hydrogen) atoms. The molecule has 3 aliphatic rings. The first-order valence-electron chi connectivity index (χ1n) is 15.2. The summed E-state index contributed by atoms with van der Waals surface area (Å²) in [5.74, 6) is -1.09. The Morgan fingerprint density at radius 3 is 2.35 bits per heavy atom. The first kappa shape index (κ1) is 29.3. The van der Waals surface area contributed by atoms with Crippen molar-refractivity contribution in [2.45, 2.75) is 82.6 Å². The van der Waals surface area contributed by atoms with Crippen molar-refractivity contribution in [1.82, 2.24) is 14.7 Å². The molecule has 0 spiro atoms. The zero-order chi connectivity index (χ0) is 30.3. The van der Waals surface area contributed by atoms with Crippen molar-refractivity contribution in [2.24, 2.45) is 18.9 Å². The van der Waals surface area contributed by atoms with Crippen LogP contribution >= 0.6 is 0 Å². The van der Waals surface area contributed by atoms with Gasteiger partial charge in [-0.3, -0.25) is 14.3 Å². The predicted octanol–water partition coefficient (Wildman–Crippen LogP) is 7.11. The molecule has 0 bridgehead atoms. The van der Waals surface area contributed by atoms with Crippen LogP contribution in [0, 0.1) is 18.8 Å². The van der Waals surface area contributed by atoms with E-state index >= 15 is 0 Å². The summed E-state index contributed by atoms with van der Waals surface area (Å²) in [6.07, 6.45) is 6.65. The number of carbonyl (C=O) groups is 2. The van der Waals surface area contributed by atoms with E-state index in [0.717, 1.165) is 49.4 Å². The van der Waals surface area contributed by atoms with Crippen LogP contribution in [0.3, 0.4) is 0 Å². The zero-order valence-corrected chi connectivity index (χ0v) is 24.5. The summed E-state index contributed by atoms with van der Waals surface area (Å²) in [4.78, 5) is 30.1. The molecule has 2 aromatic carbocycles. The van der Waals surface area contributed by atoms with Gasteiger partial charge in [0.1, 0.15) is 0 Å². The van der Waals surface area contributed by atoms with E-state index in [1.807, 2.05) is 29.2 Å². The highest BCUT2D eigenvalue weighted by Gasteiger charge is 2.50. The van der Waals surface area contributed by atoms with Gasteiger partial charge in [-0.15, -0.1) is 0 Å². The quantitative estimate of drug-likeness (QED) is 0.319. The summed E-state index contributed by atoms with van der Waals surface area (Å²) in [5.41, 5.74) is 1.69. The van der Waals surface area contributed by atoms with Crippen LogP contribution in [0.15, 0.2) is 54.9 Å². The average molecular weight is 594 g/mol. The van der Waals surface area contributed by atoms with Gasteiger partial charge in [0.25, 0.3) is 5.91 Å². The second kappa shape index (κ2) is 11.7. The Morgan fingerprint density at radius 1 is 0.953 bits per heavy atom. The van der Waals surface area contributed by atoms with Crippen LogP contribution in [0.1, 0.15) is 84.5 Å². The Bertz CT molecular complexity index is 1480. The average Bonchev–Trinajstić information content (AvgIpc) is 3.75. The van der Waals surface area contributed by atoms with Gasteiger partial charge in [-0.2, -0.15) is 18.3 Å². The third-order valence-electron chi connectivity index (χ3n) is 9.53. The highest BCUT2D eigenvalue weighted by Crippen LogP contribution is 2.49. The second-order valence-corrected chi connectivity index (χ2v) is 12.4. The fourth-order valence-electron chi connectivity index (χ4n) is 7.44. The maximum absolute atomic E-state index is 14.2. The first-order valence-corrected chi connectivity index (χ1v) is 15.2. The smallest absolute Gasteiger partial charge is 0.382 e. The molecule has 10 heteroatoms. The molecule has 228 valence electrons. The van der Waals surface area contributed by atoms with Crippen LogP contribution < -0.4 is 10.6 Å². The monoisotopic (exact) mass is 593 g/mol. The van der Waals surface area contributed by atoms with E-state index in [0.29, 0.717) is 18.0 Å². The summed E-state index contributed by atoms with van der Waals surface area (Å²) in [5, 5.41) is 10.6. The van der Waals surface area contributed by atoms with Crippen molar-refractivity contribution in [3.63, 3.8) is 0 Å². The number of fused-ring (bicyclic) bond motifs is 1. The SMILES string of the molecule is Cc1ccc(NC(=O)C2C[C@@H]3CCC[C@@H]3N(C(=O)c3cnn(C)c3)C2c2ccc(NC3CCCC3)cc2)cc1C(F)(F)F. The Kier molecular flexibility index (Phi) is 7.96.